The van der Waals surface area contributed by atoms with E-state index < -0.39 is 0 Å². The van der Waals surface area contributed by atoms with Gasteiger partial charge in [-0.3, -0.25) is 4.79 Å². The highest BCUT2D eigenvalue weighted by atomic mass is 79.9. The molecule has 0 spiro atoms. The molecule has 0 aliphatic carbocycles. The fourth-order valence-corrected chi connectivity index (χ4v) is 0.864. The van der Waals surface area contributed by atoms with Gasteiger partial charge in [0.25, 0.3) is 0 Å². The Kier molecular flexibility index (Phi) is 6.72. The Morgan fingerprint density at radius 2 is 2.25 bits per heavy atom. The van der Waals surface area contributed by atoms with E-state index in [-0.39, 0.29) is 12.4 Å². The standard InChI is InChI=1S/C8H11BrO3/c1-2-3-12-8(11)4-7(5-9)6-10/h2-5H2,1H3. The molecule has 0 rings (SSSR count). The summed E-state index contributed by atoms with van der Waals surface area (Å²) in [6, 6.07) is 0. The van der Waals surface area contributed by atoms with Crippen molar-refractivity contribution in [1.29, 1.82) is 0 Å². The molecule has 0 saturated heterocycles. The number of esters is 1. The number of rotatable bonds is 5. The van der Waals surface area contributed by atoms with Crippen molar-refractivity contribution in [1.82, 2.24) is 0 Å². The van der Waals surface area contributed by atoms with E-state index >= 15 is 0 Å². The van der Waals surface area contributed by atoms with Gasteiger partial charge in [-0.1, -0.05) is 22.9 Å². The van der Waals surface area contributed by atoms with Gasteiger partial charge in [-0.15, -0.1) is 0 Å². The highest BCUT2D eigenvalue weighted by Gasteiger charge is 2.06. The minimum absolute atomic E-state index is 0.0365. The van der Waals surface area contributed by atoms with Crippen molar-refractivity contribution in [2.24, 2.45) is 0 Å². The third-order valence-electron chi connectivity index (χ3n) is 1.13. The monoisotopic (exact) mass is 234 g/mol. The van der Waals surface area contributed by atoms with Crippen LogP contribution < -0.4 is 0 Å². The normalized spacial score (nSPS) is 8.83. The average Bonchev–Trinajstić information content (AvgIpc) is 2.10. The molecule has 0 bridgehead atoms. The van der Waals surface area contributed by atoms with Gasteiger partial charge in [0, 0.05) is 10.9 Å². The van der Waals surface area contributed by atoms with Gasteiger partial charge in [0.2, 0.25) is 0 Å². The number of hydrogen-bond donors (Lipinski definition) is 0. The van der Waals surface area contributed by atoms with Gasteiger partial charge >= 0.3 is 5.97 Å². The number of carbonyl (C=O) groups is 1. The van der Waals surface area contributed by atoms with E-state index in [1.54, 1.807) is 5.94 Å². The number of halogens is 1. The van der Waals surface area contributed by atoms with Gasteiger partial charge in [-0.05, 0) is 6.42 Å². The number of ether oxygens (including phenoxy) is 1. The molecule has 12 heavy (non-hydrogen) atoms. The second-order valence-corrected chi connectivity index (χ2v) is 2.80. The molecule has 0 aromatic heterocycles. The van der Waals surface area contributed by atoms with Crippen LogP contribution in [-0.2, 0) is 14.3 Å². The SMILES string of the molecule is CCCOC(=O)CC(=C=O)CBr. The molecule has 3 nitrogen and oxygen atoms in total. The van der Waals surface area contributed by atoms with Crippen molar-refractivity contribution in [3.8, 4) is 0 Å². The number of carbonyl (C=O) groups excluding carboxylic acids is 2. The molecule has 0 amide bonds. The summed E-state index contributed by atoms with van der Waals surface area (Å²) in [7, 11) is 0. The Morgan fingerprint density at radius 1 is 1.58 bits per heavy atom. The largest absolute Gasteiger partial charge is 0.465 e. The third kappa shape index (κ3) is 5.10. The zero-order chi connectivity index (χ0) is 9.40. The summed E-state index contributed by atoms with van der Waals surface area (Å²) in [5, 5.41) is 0.373. The predicted octanol–water partition coefficient (Wildman–Crippen LogP) is 1.48. The molecular formula is C8H11BrO3. The van der Waals surface area contributed by atoms with Gasteiger partial charge in [0.15, 0.2) is 0 Å². The lowest BCUT2D eigenvalue weighted by molar-refractivity contribution is -0.142. The first-order valence-electron chi connectivity index (χ1n) is 3.69. The van der Waals surface area contributed by atoms with Gasteiger partial charge in [-0.25, -0.2) is 4.79 Å². The van der Waals surface area contributed by atoms with E-state index in [9.17, 15) is 9.59 Å². The molecule has 0 aliphatic heterocycles. The molecule has 0 radical (unpaired) electrons. The summed E-state index contributed by atoms with van der Waals surface area (Å²) in [5.74, 6) is 1.31. The lowest BCUT2D eigenvalue weighted by Gasteiger charge is -2.01. The molecule has 0 atom stereocenters. The van der Waals surface area contributed by atoms with E-state index in [2.05, 4.69) is 15.9 Å². The summed E-state index contributed by atoms with van der Waals surface area (Å²) in [6.07, 6.45) is 0.828. The van der Waals surface area contributed by atoms with E-state index in [0.717, 1.165) is 6.42 Å². The van der Waals surface area contributed by atoms with E-state index in [0.29, 0.717) is 17.5 Å². The van der Waals surface area contributed by atoms with E-state index in [4.69, 9.17) is 4.74 Å². The van der Waals surface area contributed by atoms with Gasteiger partial charge in [0.1, 0.15) is 5.94 Å². The van der Waals surface area contributed by atoms with Crippen molar-refractivity contribution in [3.63, 3.8) is 0 Å². The molecule has 0 N–H and O–H groups in total. The van der Waals surface area contributed by atoms with Gasteiger partial charge in [0.05, 0.1) is 13.0 Å². The van der Waals surface area contributed by atoms with Crippen LogP contribution in [0.2, 0.25) is 0 Å². The van der Waals surface area contributed by atoms with Crippen molar-refractivity contribution < 1.29 is 14.3 Å². The first kappa shape index (κ1) is 11.4. The highest BCUT2D eigenvalue weighted by molar-refractivity contribution is 9.09. The third-order valence-corrected chi connectivity index (χ3v) is 1.81. The Labute approximate surface area is 79.9 Å². The van der Waals surface area contributed by atoms with Crippen LogP contribution in [-0.4, -0.2) is 23.8 Å². The fourth-order valence-electron chi connectivity index (χ4n) is 0.552. The summed E-state index contributed by atoms with van der Waals surface area (Å²) in [4.78, 5) is 21.0. The zero-order valence-corrected chi connectivity index (χ0v) is 8.52. The zero-order valence-electron chi connectivity index (χ0n) is 6.93. The van der Waals surface area contributed by atoms with Crippen molar-refractivity contribution in [2.45, 2.75) is 19.8 Å². The quantitative estimate of drug-likeness (QED) is 0.412. The van der Waals surface area contributed by atoms with Crippen LogP contribution in [0.25, 0.3) is 0 Å². The predicted molar refractivity (Wildman–Crippen MR) is 48.9 cm³/mol. The molecule has 68 valence electrons. The molecule has 0 fully saturated rings. The maximum absolute atomic E-state index is 10.9. The van der Waals surface area contributed by atoms with E-state index in [1.807, 2.05) is 6.92 Å². The van der Waals surface area contributed by atoms with Crippen LogP contribution in [0.15, 0.2) is 5.57 Å². The first-order valence-corrected chi connectivity index (χ1v) is 4.81. The Balaban J connectivity index is 3.75. The fraction of sp³-hybridized carbons (Fsp3) is 0.625. The second-order valence-electron chi connectivity index (χ2n) is 2.24. The molecule has 0 aromatic carbocycles. The van der Waals surface area contributed by atoms with Gasteiger partial charge in [-0.2, -0.15) is 0 Å². The molecule has 0 unspecified atom stereocenters. The van der Waals surface area contributed by atoms with Crippen LogP contribution in [0.4, 0.5) is 0 Å². The average molecular weight is 235 g/mol. The van der Waals surface area contributed by atoms with Crippen LogP contribution >= 0.6 is 15.9 Å². The number of alkyl halides is 1. The molecule has 0 aromatic rings. The lowest BCUT2D eigenvalue weighted by Crippen LogP contribution is -2.07. The first-order chi connectivity index (χ1) is 5.74. The van der Waals surface area contributed by atoms with Crippen molar-refractivity contribution in [3.05, 3.63) is 5.57 Å². The highest BCUT2D eigenvalue weighted by Crippen LogP contribution is 2.02. The Morgan fingerprint density at radius 3 is 2.67 bits per heavy atom. The molecule has 4 heteroatoms. The topological polar surface area (TPSA) is 43.4 Å². The van der Waals surface area contributed by atoms with Crippen LogP contribution in [0.1, 0.15) is 19.8 Å². The summed E-state index contributed by atoms with van der Waals surface area (Å²) in [6.45, 7) is 2.32. The maximum Gasteiger partial charge on any atom is 0.310 e. The van der Waals surface area contributed by atoms with Crippen LogP contribution in [0, 0.1) is 0 Å². The Hall–Kier alpha value is -0.600. The minimum Gasteiger partial charge on any atom is -0.465 e. The summed E-state index contributed by atoms with van der Waals surface area (Å²) >= 11 is 3.07. The molecule has 0 heterocycles. The van der Waals surface area contributed by atoms with Crippen LogP contribution in [0.3, 0.4) is 0 Å². The second kappa shape index (κ2) is 7.07. The van der Waals surface area contributed by atoms with Crippen LogP contribution in [0.5, 0.6) is 0 Å². The summed E-state index contributed by atoms with van der Waals surface area (Å²) in [5.41, 5.74) is 0.385. The van der Waals surface area contributed by atoms with Crippen molar-refractivity contribution >= 4 is 27.8 Å². The lowest BCUT2D eigenvalue weighted by atomic mass is 10.2. The maximum atomic E-state index is 10.9. The smallest absolute Gasteiger partial charge is 0.310 e. The minimum atomic E-state index is -0.366. The number of hydrogen-bond acceptors (Lipinski definition) is 3. The molecule has 0 aliphatic rings. The Bertz CT molecular complexity index is 194. The van der Waals surface area contributed by atoms with Gasteiger partial charge < -0.3 is 4.74 Å². The van der Waals surface area contributed by atoms with Crippen molar-refractivity contribution in [2.75, 3.05) is 11.9 Å². The van der Waals surface area contributed by atoms with E-state index in [1.165, 1.54) is 0 Å². The summed E-state index contributed by atoms with van der Waals surface area (Å²) < 4.78 is 4.77. The molecular weight excluding hydrogens is 224 g/mol. The molecule has 0 saturated carbocycles.